The van der Waals surface area contributed by atoms with Gasteiger partial charge in [-0.25, -0.2) is 0 Å². The Morgan fingerprint density at radius 1 is 0.508 bits per heavy atom. The molecule has 0 aromatic heterocycles. The van der Waals surface area contributed by atoms with E-state index in [1.165, 1.54) is 32.1 Å². The van der Waals surface area contributed by atoms with Crippen molar-refractivity contribution in [3.63, 3.8) is 0 Å². The van der Waals surface area contributed by atoms with E-state index in [9.17, 15) is 45.3 Å². The zero-order chi connectivity index (χ0) is 47.5. The van der Waals surface area contributed by atoms with Crippen LogP contribution < -0.4 is 0 Å². The van der Waals surface area contributed by atoms with Crippen LogP contribution in [0.15, 0.2) is 60.8 Å². The van der Waals surface area contributed by atoms with Crippen molar-refractivity contribution in [1.29, 1.82) is 0 Å². The Morgan fingerprint density at radius 2 is 0.969 bits per heavy atom. The fourth-order valence-corrected chi connectivity index (χ4v) is 7.20. The van der Waals surface area contributed by atoms with E-state index in [-0.39, 0.29) is 19.4 Å². The highest BCUT2D eigenvalue weighted by atomic mass is 16.7. The van der Waals surface area contributed by atoms with Crippen molar-refractivity contribution >= 4 is 11.9 Å². The van der Waals surface area contributed by atoms with Crippen LogP contribution in [0, 0.1) is 0 Å². The van der Waals surface area contributed by atoms with Crippen LogP contribution in [-0.4, -0.2) is 142 Å². The summed E-state index contributed by atoms with van der Waals surface area (Å²) in [5, 5.41) is 72.0. The second-order valence-electron chi connectivity index (χ2n) is 16.9. The van der Waals surface area contributed by atoms with E-state index in [4.69, 9.17) is 28.4 Å². The molecule has 2 aliphatic rings. The Balaban J connectivity index is 1.86. The number of carbonyl (C=O) groups excluding carboxylic acids is 2. The van der Waals surface area contributed by atoms with Crippen molar-refractivity contribution in [1.82, 2.24) is 0 Å². The molecule has 4 unspecified atom stereocenters. The quantitative estimate of drug-likeness (QED) is 0.0214. The summed E-state index contributed by atoms with van der Waals surface area (Å²) in [5.74, 6) is -0.989. The molecule has 0 saturated carbocycles. The van der Waals surface area contributed by atoms with Crippen molar-refractivity contribution in [2.45, 2.75) is 216 Å². The predicted molar refractivity (Wildman–Crippen MR) is 247 cm³/mol. The SMILES string of the molecule is CC/C=C/C/C=C/C/C=C/C/C=C/CCCCC(=O)O[C@H](COC(=O)CCCCCCC/C=C/CCCCCCC)CO[C@@H]1O[C@H](CO[C@@H]2O[C@H](CO)[C@H](O)C(O)C2O)[C@H](O)C(O)C1O. The molecular weight excluding hydrogens is 841 g/mol. The summed E-state index contributed by atoms with van der Waals surface area (Å²) in [5.41, 5.74) is 0. The molecule has 0 spiro atoms. The molecular formula is C50H84O15. The van der Waals surface area contributed by atoms with Crippen molar-refractivity contribution in [2.75, 3.05) is 26.4 Å². The maximum atomic E-state index is 13.0. The zero-order valence-corrected chi connectivity index (χ0v) is 39.2. The molecule has 2 saturated heterocycles. The molecule has 374 valence electrons. The smallest absolute Gasteiger partial charge is 0.306 e. The van der Waals surface area contributed by atoms with Crippen LogP contribution in [0.4, 0.5) is 0 Å². The Bertz CT molecular complexity index is 1370. The van der Waals surface area contributed by atoms with E-state index in [0.717, 1.165) is 77.0 Å². The lowest BCUT2D eigenvalue weighted by Crippen LogP contribution is -2.61. The molecule has 7 N–H and O–H groups in total. The van der Waals surface area contributed by atoms with E-state index < -0.39 is 99.3 Å². The van der Waals surface area contributed by atoms with Gasteiger partial charge >= 0.3 is 11.9 Å². The van der Waals surface area contributed by atoms with E-state index in [0.29, 0.717) is 12.8 Å². The monoisotopic (exact) mass is 925 g/mol. The molecule has 15 heteroatoms. The largest absolute Gasteiger partial charge is 0.462 e. The van der Waals surface area contributed by atoms with Gasteiger partial charge in [-0.3, -0.25) is 9.59 Å². The highest BCUT2D eigenvalue weighted by Gasteiger charge is 2.47. The first-order valence-electron chi connectivity index (χ1n) is 24.4. The number of ether oxygens (including phenoxy) is 6. The summed E-state index contributed by atoms with van der Waals surface area (Å²) in [6.07, 6.45) is 24.0. The molecule has 2 heterocycles. The van der Waals surface area contributed by atoms with Crippen molar-refractivity contribution in [2.24, 2.45) is 0 Å². The number of aliphatic hydroxyl groups is 7. The molecule has 11 atom stereocenters. The summed E-state index contributed by atoms with van der Waals surface area (Å²) in [7, 11) is 0. The van der Waals surface area contributed by atoms with Gasteiger partial charge in [0.15, 0.2) is 18.7 Å². The summed E-state index contributed by atoms with van der Waals surface area (Å²) >= 11 is 0. The van der Waals surface area contributed by atoms with Gasteiger partial charge in [0.25, 0.3) is 0 Å². The topological polar surface area (TPSA) is 231 Å². The second kappa shape index (κ2) is 37.2. The first-order valence-corrected chi connectivity index (χ1v) is 24.4. The van der Waals surface area contributed by atoms with Crippen LogP contribution in [0.2, 0.25) is 0 Å². The third-order valence-corrected chi connectivity index (χ3v) is 11.2. The average Bonchev–Trinajstić information content (AvgIpc) is 3.30. The molecule has 0 aromatic carbocycles. The summed E-state index contributed by atoms with van der Waals surface area (Å²) in [6, 6.07) is 0. The van der Waals surface area contributed by atoms with E-state index in [2.05, 4.69) is 74.6 Å². The lowest BCUT2D eigenvalue weighted by atomic mass is 9.98. The first kappa shape index (κ1) is 58.3. The number of rotatable bonds is 36. The Kier molecular flexibility index (Phi) is 33.4. The van der Waals surface area contributed by atoms with Crippen LogP contribution in [0.1, 0.15) is 149 Å². The van der Waals surface area contributed by atoms with Gasteiger partial charge in [0, 0.05) is 12.8 Å². The van der Waals surface area contributed by atoms with Crippen molar-refractivity contribution in [3.8, 4) is 0 Å². The van der Waals surface area contributed by atoms with Crippen molar-refractivity contribution in [3.05, 3.63) is 60.8 Å². The molecule has 0 bridgehead atoms. The van der Waals surface area contributed by atoms with Crippen LogP contribution in [0.5, 0.6) is 0 Å². The summed E-state index contributed by atoms with van der Waals surface area (Å²) in [6.45, 7) is 2.39. The second-order valence-corrected chi connectivity index (χ2v) is 16.9. The zero-order valence-electron chi connectivity index (χ0n) is 39.2. The van der Waals surface area contributed by atoms with Crippen LogP contribution in [-0.2, 0) is 38.0 Å². The van der Waals surface area contributed by atoms with Crippen LogP contribution >= 0.6 is 0 Å². The third-order valence-electron chi connectivity index (χ3n) is 11.2. The van der Waals surface area contributed by atoms with Crippen molar-refractivity contribution < 1.29 is 73.8 Å². The standard InChI is InChI=1S/C50H84O15/c1-3-5-7-9-11-13-15-17-19-21-23-25-27-29-31-33-42(53)63-38(35-60-41(52)32-30-28-26-24-22-20-18-16-14-12-10-8-6-4-2)36-61-49-48(59)46(57)44(55)40(65-49)37-62-50-47(58)45(56)43(54)39(34-51)64-50/h5,7,11,13,16-19,23,25,38-40,43-51,54-59H,3-4,6,8-10,12,14-15,20-22,24,26-37H2,1-2H3/b7-5+,13-11+,18-16+,19-17+,25-23+/t38-,39-,40-,43+,44+,45?,46?,47?,48?,49-,50-/m1/s1. The number of esters is 2. The molecule has 0 aromatic rings. The number of carbonyl (C=O) groups is 2. The average molecular weight is 925 g/mol. The number of hydrogen-bond donors (Lipinski definition) is 7. The minimum Gasteiger partial charge on any atom is -0.462 e. The number of aliphatic hydroxyl groups excluding tert-OH is 7. The predicted octanol–water partition coefficient (Wildman–Crippen LogP) is 6.10. The number of hydrogen-bond acceptors (Lipinski definition) is 15. The van der Waals surface area contributed by atoms with Gasteiger partial charge < -0.3 is 64.2 Å². The lowest BCUT2D eigenvalue weighted by molar-refractivity contribution is -0.332. The molecule has 65 heavy (non-hydrogen) atoms. The summed E-state index contributed by atoms with van der Waals surface area (Å²) < 4.78 is 33.5. The maximum absolute atomic E-state index is 13.0. The fourth-order valence-electron chi connectivity index (χ4n) is 7.20. The van der Waals surface area contributed by atoms with Gasteiger partial charge in [-0.1, -0.05) is 120 Å². The van der Waals surface area contributed by atoms with Gasteiger partial charge in [0.2, 0.25) is 0 Å². The number of unbranched alkanes of at least 4 members (excludes halogenated alkanes) is 12. The Hall–Kier alpha value is -2.80. The highest BCUT2D eigenvalue weighted by Crippen LogP contribution is 2.26. The van der Waals surface area contributed by atoms with Gasteiger partial charge in [0.1, 0.15) is 55.4 Å². The first-order chi connectivity index (χ1) is 31.5. The maximum Gasteiger partial charge on any atom is 0.306 e. The van der Waals surface area contributed by atoms with Crippen LogP contribution in [0.3, 0.4) is 0 Å². The van der Waals surface area contributed by atoms with Gasteiger partial charge in [0.05, 0.1) is 19.8 Å². The molecule has 0 radical (unpaired) electrons. The van der Waals surface area contributed by atoms with E-state index >= 15 is 0 Å². The molecule has 15 nitrogen and oxygen atoms in total. The molecule has 2 aliphatic heterocycles. The summed E-state index contributed by atoms with van der Waals surface area (Å²) in [4.78, 5) is 25.7. The molecule has 0 aliphatic carbocycles. The lowest BCUT2D eigenvalue weighted by Gasteiger charge is -2.42. The normalized spacial score (nSPS) is 26.9. The Morgan fingerprint density at radius 3 is 1.57 bits per heavy atom. The van der Waals surface area contributed by atoms with E-state index in [1.807, 2.05) is 0 Å². The van der Waals surface area contributed by atoms with Gasteiger partial charge in [-0.15, -0.1) is 0 Å². The minimum absolute atomic E-state index is 0.109. The van der Waals surface area contributed by atoms with Crippen LogP contribution in [0.25, 0.3) is 0 Å². The minimum atomic E-state index is -1.78. The Labute approximate surface area is 388 Å². The van der Waals surface area contributed by atoms with Gasteiger partial charge in [-0.2, -0.15) is 0 Å². The van der Waals surface area contributed by atoms with E-state index in [1.54, 1.807) is 0 Å². The number of allylic oxidation sites excluding steroid dienone is 10. The third kappa shape index (κ3) is 25.8. The highest BCUT2D eigenvalue weighted by molar-refractivity contribution is 5.70. The molecule has 2 fully saturated rings. The molecule has 2 rings (SSSR count). The van der Waals surface area contributed by atoms with Gasteiger partial charge in [-0.05, 0) is 77.0 Å². The fraction of sp³-hybridized carbons (Fsp3) is 0.760. The molecule has 0 amide bonds.